The SMILES string of the molecule is CCOC(=O)C=C[C@@H]1CCCC[C@@H]1O[Si](C)(C)C(C)(C)C. The van der Waals surface area contributed by atoms with Gasteiger partial charge in [0.2, 0.25) is 0 Å². The van der Waals surface area contributed by atoms with Crippen molar-refractivity contribution in [2.24, 2.45) is 5.92 Å². The number of ether oxygens (including phenoxy) is 1. The molecule has 0 radical (unpaired) electrons. The van der Waals surface area contributed by atoms with E-state index in [1.54, 1.807) is 6.08 Å². The summed E-state index contributed by atoms with van der Waals surface area (Å²) in [7, 11) is -1.76. The van der Waals surface area contributed by atoms with Crippen LogP contribution in [0.1, 0.15) is 53.4 Å². The Morgan fingerprint density at radius 3 is 2.43 bits per heavy atom. The van der Waals surface area contributed by atoms with Crippen LogP contribution in [0.15, 0.2) is 12.2 Å². The van der Waals surface area contributed by atoms with Crippen LogP contribution in [0.2, 0.25) is 18.1 Å². The van der Waals surface area contributed by atoms with Crippen LogP contribution in [0.5, 0.6) is 0 Å². The van der Waals surface area contributed by atoms with Crippen molar-refractivity contribution < 1.29 is 14.0 Å². The summed E-state index contributed by atoms with van der Waals surface area (Å²) in [5, 5.41) is 0.222. The Kier molecular flexibility index (Phi) is 6.66. The van der Waals surface area contributed by atoms with Crippen LogP contribution in [0.25, 0.3) is 0 Å². The Morgan fingerprint density at radius 2 is 1.86 bits per heavy atom. The van der Waals surface area contributed by atoms with Crippen molar-refractivity contribution in [1.82, 2.24) is 0 Å². The van der Waals surface area contributed by atoms with Gasteiger partial charge >= 0.3 is 5.97 Å². The van der Waals surface area contributed by atoms with E-state index in [1.807, 2.05) is 13.0 Å². The molecule has 0 aliphatic heterocycles. The molecule has 1 saturated carbocycles. The number of carbonyl (C=O) groups excluding carboxylic acids is 1. The van der Waals surface area contributed by atoms with E-state index in [0.717, 1.165) is 12.8 Å². The maximum absolute atomic E-state index is 11.5. The molecule has 1 fully saturated rings. The first-order valence-corrected chi connectivity index (χ1v) is 11.1. The minimum Gasteiger partial charge on any atom is -0.463 e. The molecule has 1 aliphatic rings. The summed E-state index contributed by atoms with van der Waals surface area (Å²) in [5.74, 6) is 0.103. The minimum atomic E-state index is -1.76. The topological polar surface area (TPSA) is 35.5 Å². The quantitative estimate of drug-likeness (QED) is 0.420. The first-order chi connectivity index (χ1) is 9.67. The van der Waals surface area contributed by atoms with Crippen LogP contribution in [-0.4, -0.2) is 27.0 Å². The van der Waals surface area contributed by atoms with Crippen molar-refractivity contribution in [1.29, 1.82) is 0 Å². The van der Waals surface area contributed by atoms with Crippen molar-refractivity contribution in [3.05, 3.63) is 12.2 Å². The second-order valence-electron chi connectivity index (χ2n) is 7.48. The van der Waals surface area contributed by atoms with Crippen LogP contribution >= 0.6 is 0 Å². The lowest BCUT2D eigenvalue weighted by Gasteiger charge is -2.42. The van der Waals surface area contributed by atoms with Gasteiger partial charge in [-0.05, 0) is 37.9 Å². The van der Waals surface area contributed by atoms with E-state index in [0.29, 0.717) is 12.5 Å². The third-order valence-electron chi connectivity index (χ3n) is 4.77. The summed E-state index contributed by atoms with van der Waals surface area (Å²) in [6.07, 6.45) is 8.50. The van der Waals surface area contributed by atoms with Gasteiger partial charge in [0.15, 0.2) is 8.32 Å². The lowest BCUT2D eigenvalue weighted by atomic mass is 9.86. The average molecular weight is 313 g/mol. The van der Waals surface area contributed by atoms with Gasteiger partial charge in [-0.3, -0.25) is 0 Å². The van der Waals surface area contributed by atoms with Gasteiger partial charge < -0.3 is 9.16 Å². The number of hydrogen-bond donors (Lipinski definition) is 0. The molecule has 1 aliphatic carbocycles. The highest BCUT2D eigenvalue weighted by Crippen LogP contribution is 2.40. The lowest BCUT2D eigenvalue weighted by molar-refractivity contribution is -0.137. The van der Waals surface area contributed by atoms with Crippen molar-refractivity contribution in [3.8, 4) is 0 Å². The van der Waals surface area contributed by atoms with Gasteiger partial charge in [-0.1, -0.05) is 39.7 Å². The molecule has 21 heavy (non-hydrogen) atoms. The highest BCUT2D eigenvalue weighted by Gasteiger charge is 2.40. The Balaban J connectivity index is 2.72. The van der Waals surface area contributed by atoms with Crippen LogP contribution in [-0.2, 0) is 14.0 Å². The van der Waals surface area contributed by atoms with E-state index < -0.39 is 8.32 Å². The molecule has 0 amide bonds. The molecule has 0 N–H and O–H groups in total. The van der Waals surface area contributed by atoms with Crippen molar-refractivity contribution >= 4 is 14.3 Å². The number of rotatable bonds is 5. The highest BCUT2D eigenvalue weighted by molar-refractivity contribution is 6.74. The fraction of sp³-hybridized carbons (Fsp3) is 0.824. The van der Waals surface area contributed by atoms with Gasteiger partial charge in [0, 0.05) is 12.0 Å². The molecule has 122 valence electrons. The fourth-order valence-electron chi connectivity index (χ4n) is 2.44. The largest absolute Gasteiger partial charge is 0.463 e. The zero-order valence-electron chi connectivity index (χ0n) is 14.6. The van der Waals surface area contributed by atoms with E-state index in [-0.39, 0.29) is 17.1 Å². The second kappa shape index (κ2) is 7.59. The molecular formula is C17H32O3Si. The number of hydrogen-bond acceptors (Lipinski definition) is 3. The van der Waals surface area contributed by atoms with Crippen LogP contribution in [0.3, 0.4) is 0 Å². The molecular weight excluding hydrogens is 280 g/mol. The zero-order chi connectivity index (χ0) is 16.1. The molecule has 0 unspecified atom stereocenters. The highest BCUT2D eigenvalue weighted by atomic mass is 28.4. The van der Waals surface area contributed by atoms with Gasteiger partial charge in [-0.25, -0.2) is 4.79 Å². The number of carbonyl (C=O) groups is 1. The first kappa shape index (κ1) is 18.4. The maximum Gasteiger partial charge on any atom is 0.330 e. The number of esters is 1. The molecule has 3 nitrogen and oxygen atoms in total. The van der Waals surface area contributed by atoms with Crippen LogP contribution in [0, 0.1) is 5.92 Å². The van der Waals surface area contributed by atoms with E-state index in [1.165, 1.54) is 12.8 Å². The summed E-state index contributed by atoms with van der Waals surface area (Å²) in [6.45, 7) is 13.7. The van der Waals surface area contributed by atoms with Crippen LogP contribution in [0.4, 0.5) is 0 Å². The normalized spacial score (nSPS) is 24.3. The van der Waals surface area contributed by atoms with Gasteiger partial charge in [0.25, 0.3) is 0 Å². The molecule has 0 aromatic heterocycles. The van der Waals surface area contributed by atoms with Gasteiger partial charge in [-0.15, -0.1) is 0 Å². The Morgan fingerprint density at radius 1 is 1.24 bits per heavy atom. The van der Waals surface area contributed by atoms with Crippen molar-refractivity contribution in [2.45, 2.75) is 77.6 Å². The third-order valence-corrected chi connectivity index (χ3v) is 9.28. The third kappa shape index (κ3) is 5.59. The van der Waals surface area contributed by atoms with Gasteiger partial charge in [-0.2, -0.15) is 0 Å². The molecule has 0 spiro atoms. The molecule has 2 atom stereocenters. The van der Waals surface area contributed by atoms with Crippen LogP contribution < -0.4 is 0 Å². The van der Waals surface area contributed by atoms with E-state index >= 15 is 0 Å². The Bertz CT molecular complexity index is 369. The van der Waals surface area contributed by atoms with E-state index in [2.05, 4.69) is 33.9 Å². The molecule has 0 saturated heterocycles. The molecule has 0 bridgehead atoms. The average Bonchev–Trinajstić information content (AvgIpc) is 2.36. The summed E-state index contributed by atoms with van der Waals surface area (Å²) in [4.78, 5) is 11.5. The summed E-state index contributed by atoms with van der Waals surface area (Å²) < 4.78 is 11.5. The maximum atomic E-state index is 11.5. The van der Waals surface area contributed by atoms with Gasteiger partial charge in [0.05, 0.1) is 12.7 Å². The molecule has 0 heterocycles. The lowest BCUT2D eigenvalue weighted by Crippen LogP contribution is -2.46. The van der Waals surface area contributed by atoms with Crippen molar-refractivity contribution in [2.75, 3.05) is 6.61 Å². The summed E-state index contributed by atoms with van der Waals surface area (Å²) in [5.41, 5.74) is 0. The van der Waals surface area contributed by atoms with Crippen molar-refractivity contribution in [3.63, 3.8) is 0 Å². The van der Waals surface area contributed by atoms with E-state index in [4.69, 9.17) is 9.16 Å². The Labute approximate surface area is 131 Å². The summed E-state index contributed by atoms with van der Waals surface area (Å²) >= 11 is 0. The first-order valence-electron chi connectivity index (χ1n) is 8.20. The minimum absolute atomic E-state index is 0.222. The zero-order valence-corrected chi connectivity index (χ0v) is 15.6. The molecule has 0 aromatic carbocycles. The monoisotopic (exact) mass is 312 g/mol. The smallest absolute Gasteiger partial charge is 0.330 e. The molecule has 1 rings (SSSR count). The van der Waals surface area contributed by atoms with E-state index in [9.17, 15) is 4.79 Å². The Hall–Kier alpha value is -0.613. The molecule has 4 heteroatoms. The van der Waals surface area contributed by atoms with Gasteiger partial charge in [0.1, 0.15) is 0 Å². The second-order valence-corrected chi connectivity index (χ2v) is 12.2. The predicted octanol–water partition coefficient (Wildman–Crippen LogP) is 4.69. The predicted molar refractivity (Wildman–Crippen MR) is 89.8 cm³/mol. The summed E-state index contributed by atoms with van der Waals surface area (Å²) in [6, 6.07) is 0. The standard InChI is InChI=1S/C17H32O3Si/c1-7-19-16(18)13-12-14-10-8-9-11-15(14)20-21(5,6)17(2,3)4/h12-15H,7-11H2,1-6H3/t14-,15-/m0/s1. The fourth-order valence-corrected chi connectivity index (χ4v) is 3.84. The molecule has 0 aromatic rings.